The standard InChI is InChI=1S/C16H13FN2O2S2/c1-9(20)7-23-16-18-14-13(15(21)19(16)2)12(8-22-14)10-3-5-11(17)6-4-10/h3-6,8H,7H2,1-2H3. The zero-order valence-corrected chi connectivity index (χ0v) is 14.1. The summed E-state index contributed by atoms with van der Waals surface area (Å²) in [6.45, 7) is 1.50. The molecule has 7 heteroatoms. The van der Waals surface area contributed by atoms with E-state index in [1.807, 2.05) is 5.38 Å². The zero-order valence-electron chi connectivity index (χ0n) is 12.5. The molecule has 0 atom stereocenters. The second-order valence-corrected chi connectivity index (χ2v) is 6.89. The van der Waals surface area contributed by atoms with Gasteiger partial charge in [0.2, 0.25) is 0 Å². The molecule has 0 aliphatic rings. The number of hydrogen-bond donors (Lipinski definition) is 0. The van der Waals surface area contributed by atoms with Crippen LogP contribution >= 0.6 is 23.1 Å². The number of thiophene rings is 1. The van der Waals surface area contributed by atoms with Crippen molar-refractivity contribution in [2.24, 2.45) is 7.05 Å². The van der Waals surface area contributed by atoms with Crippen LogP contribution < -0.4 is 5.56 Å². The lowest BCUT2D eigenvalue weighted by molar-refractivity contribution is -0.114. The second kappa shape index (κ2) is 6.25. The zero-order chi connectivity index (χ0) is 16.6. The van der Waals surface area contributed by atoms with Gasteiger partial charge in [-0.3, -0.25) is 14.2 Å². The van der Waals surface area contributed by atoms with Gasteiger partial charge in [0, 0.05) is 18.0 Å². The van der Waals surface area contributed by atoms with Gasteiger partial charge in [0.25, 0.3) is 5.56 Å². The summed E-state index contributed by atoms with van der Waals surface area (Å²) in [6, 6.07) is 6.03. The Bertz CT molecular complexity index is 945. The first-order valence-electron chi connectivity index (χ1n) is 6.84. The molecule has 0 N–H and O–H groups in total. The highest BCUT2D eigenvalue weighted by Crippen LogP contribution is 2.32. The molecule has 23 heavy (non-hydrogen) atoms. The molecular formula is C16H13FN2O2S2. The summed E-state index contributed by atoms with van der Waals surface area (Å²) in [5.74, 6) is -0.00752. The fourth-order valence-corrected chi connectivity index (χ4v) is 3.95. The van der Waals surface area contributed by atoms with Crippen LogP contribution in [0, 0.1) is 5.82 Å². The molecule has 0 aliphatic heterocycles. The molecule has 4 nitrogen and oxygen atoms in total. The second-order valence-electron chi connectivity index (χ2n) is 5.09. The highest BCUT2D eigenvalue weighted by atomic mass is 32.2. The molecule has 3 aromatic rings. The number of aromatic nitrogens is 2. The van der Waals surface area contributed by atoms with Gasteiger partial charge in [0.05, 0.1) is 11.1 Å². The molecule has 2 aromatic heterocycles. The molecule has 0 saturated heterocycles. The van der Waals surface area contributed by atoms with Gasteiger partial charge in [-0.25, -0.2) is 9.37 Å². The molecule has 2 heterocycles. The largest absolute Gasteiger partial charge is 0.299 e. The Kier molecular flexibility index (Phi) is 4.32. The number of rotatable bonds is 4. The van der Waals surface area contributed by atoms with E-state index in [9.17, 15) is 14.0 Å². The van der Waals surface area contributed by atoms with E-state index in [2.05, 4.69) is 4.98 Å². The minimum absolute atomic E-state index is 0.0301. The van der Waals surface area contributed by atoms with Crippen molar-refractivity contribution in [3.8, 4) is 11.1 Å². The van der Waals surface area contributed by atoms with Gasteiger partial charge in [-0.05, 0) is 24.6 Å². The van der Waals surface area contributed by atoms with Gasteiger partial charge in [-0.2, -0.15) is 0 Å². The Morgan fingerprint density at radius 2 is 2.04 bits per heavy atom. The van der Waals surface area contributed by atoms with E-state index < -0.39 is 0 Å². The summed E-state index contributed by atoms with van der Waals surface area (Å²) in [5, 5.41) is 2.90. The van der Waals surface area contributed by atoms with Crippen LogP contribution in [0.1, 0.15) is 6.92 Å². The summed E-state index contributed by atoms with van der Waals surface area (Å²) in [5.41, 5.74) is 1.36. The Hall–Kier alpha value is -1.99. The van der Waals surface area contributed by atoms with Gasteiger partial charge >= 0.3 is 0 Å². The van der Waals surface area contributed by atoms with E-state index in [1.165, 1.54) is 46.7 Å². The number of benzene rings is 1. The topological polar surface area (TPSA) is 52.0 Å². The average molecular weight is 348 g/mol. The molecule has 0 amide bonds. The van der Waals surface area contributed by atoms with Crippen LogP contribution in [0.15, 0.2) is 39.6 Å². The van der Waals surface area contributed by atoms with E-state index in [0.717, 1.165) is 11.1 Å². The summed E-state index contributed by atoms with van der Waals surface area (Å²) >= 11 is 2.62. The summed E-state index contributed by atoms with van der Waals surface area (Å²) < 4.78 is 14.5. The fraction of sp³-hybridized carbons (Fsp3) is 0.188. The number of hydrogen-bond acceptors (Lipinski definition) is 5. The SMILES string of the molecule is CC(=O)CSc1nc2scc(-c3ccc(F)cc3)c2c(=O)n1C. The van der Waals surface area contributed by atoms with Gasteiger partial charge in [0.1, 0.15) is 16.4 Å². The van der Waals surface area contributed by atoms with Crippen LogP contribution in [0.4, 0.5) is 4.39 Å². The Morgan fingerprint density at radius 3 is 2.70 bits per heavy atom. The molecule has 0 bridgehead atoms. The monoisotopic (exact) mass is 348 g/mol. The smallest absolute Gasteiger partial charge is 0.263 e. The number of fused-ring (bicyclic) bond motifs is 1. The highest BCUT2D eigenvalue weighted by Gasteiger charge is 2.16. The maximum atomic E-state index is 13.1. The molecule has 0 fully saturated rings. The molecule has 0 spiro atoms. The van der Waals surface area contributed by atoms with Crippen LogP contribution in [-0.2, 0) is 11.8 Å². The first-order valence-corrected chi connectivity index (χ1v) is 8.70. The third-order valence-electron chi connectivity index (χ3n) is 3.33. The van der Waals surface area contributed by atoms with Crippen molar-refractivity contribution in [1.29, 1.82) is 0 Å². The van der Waals surface area contributed by atoms with Crippen LogP contribution in [0.2, 0.25) is 0 Å². The first kappa shape index (κ1) is 15.9. The molecule has 0 saturated carbocycles. The van der Waals surface area contributed by atoms with Gasteiger partial charge < -0.3 is 0 Å². The Balaban J connectivity index is 2.14. The number of carbonyl (C=O) groups is 1. The van der Waals surface area contributed by atoms with Crippen molar-refractivity contribution in [2.75, 3.05) is 5.75 Å². The Morgan fingerprint density at radius 1 is 1.35 bits per heavy atom. The molecule has 1 aromatic carbocycles. The van der Waals surface area contributed by atoms with Gasteiger partial charge in [-0.15, -0.1) is 11.3 Å². The van der Waals surface area contributed by atoms with E-state index in [-0.39, 0.29) is 22.9 Å². The maximum Gasteiger partial charge on any atom is 0.263 e. The lowest BCUT2D eigenvalue weighted by Gasteiger charge is -2.07. The molecule has 0 aliphatic carbocycles. The Labute approximate surface area is 140 Å². The van der Waals surface area contributed by atoms with Crippen molar-refractivity contribution in [3.05, 3.63) is 45.8 Å². The quantitative estimate of drug-likeness (QED) is 0.535. The predicted molar refractivity (Wildman–Crippen MR) is 91.7 cm³/mol. The van der Waals surface area contributed by atoms with E-state index in [0.29, 0.717) is 15.4 Å². The third-order valence-corrected chi connectivity index (χ3v) is 5.38. The van der Waals surface area contributed by atoms with E-state index in [4.69, 9.17) is 0 Å². The third kappa shape index (κ3) is 3.07. The molecular weight excluding hydrogens is 335 g/mol. The normalized spacial score (nSPS) is 11.1. The number of nitrogens with zero attached hydrogens (tertiary/aromatic N) is 2. The van der Waals surface area contributed by atoms with Crippen molar-refractivity contribution in [1.82, 2.24) is 9.55 Å². The minimum atomic E-state index is -0.317. The van der Waals surface area contributed by atoms with Crippen LogP contribution in [0.5, 0.6) is 0 Å². The van der Waals surface area contributed by atoms with Gasteiger partial charge in [-0.1, -0.05) is 23.9 Å². The van der Waals surface area contributed by atoms with Crippen LogP contribution in [0.3, 0.4) is 0 Å². The van der Waals surface area contributed by atoms with Crippen LogP contribution in [0.25, 0.3) is 21.3 Å². The van der Waals surface area contributed by atoms with Gasteiger partial charge in [0.15, 0.2) is 5.16 Å². The lowest BCUT2D eigenvalue weighted by atomic mass is 10.1. The highest BCUT2D eigenvalue weighted by molar-refractivity contribution is 7.99. The maximum absolute atomic E-state index is 13.1. The van der Waals surface area contributed by atoms with E-state index >= 15 is 0 Å². The van der Waals surface area contributed by atoms with Crippen molar-refractivity contribution >= 4 is 39.1 Å². The number of Topliss-reactive ketones (excluding diaryl/α,β-unsaturated/α-hetero) is 1. The van der Waals surface area contributed by atoms with Crippen molar-refractivity contribution < 1.29 is 9.18 Å². The average Bonchev–Trinajstić information content (AvgIpc) is 2.94. The fourth-order valence-electron chi connectivity index (χ4n) is 2.19. The predicted octanol–water partition coefficient (Wildman–Crippen LogP) is 3.48. The summed E-state index contributed by atoms with van der Waals surface area (Å²) in [6.07, 6.45) is 0. The lowest BCUT2D eigenvalue weighted by Crippen LogP contribution is -2.20. The molecule has 3 rings (SSSR count). The number of thioether (sulfide) groups is 1. The summed E-state index contributed by atoms with van der Waals surface area (Å²) in [4.78, 5) is 28.9. The molecule has 0 unspecified atom stereocenters. The van der Waals surface area contributed by atoms with Crippen molar-refractivity contribution in [3.63, 3.8) is 0 Å². The molecule has 0 radical (unpaired) electrons. The first-order chi connectivity index (χ1) is 11.0. The summed E-state index contributed by atoms with van der Waals surface area (Å²) in [7, 11) is 1.64. The minimum Gasteiger partial charge on any atom is -0.299 e. The number of halogens is 1. The van der Waals surface area contributed by atoms with E-state index in [1.54, 1.807) is 19.2 Å². The number of ketones is 1. The molecule has 118 valence electrons. The van der Waals surface area contributed by atoms with Crippen molar-refractivity contribution in [2.45, 2.75) is 12.1 Å². The number of carbonyl (C=O) groups excluding carboxylic acids is 1. The van der Waals surface area contributed by atoms with Crippen LogP contribution in [-0.4, -0.2) is 21.1 Å².